The van der Waals surface area contributed by atoms with Gasteiger partial charge in [-0.1, -0.05) is 0 Å². The van der Waals surface area contributed by atoms with E-state index in [2.05, 4.69) is 10.6 Å². The Balaban J connectivity index is 2.24. The molecule has 1 heterocycles. The van der Waals surface area contributed by atoms with Gasteiger partial charge < -0.3 is 20.1 Å². The van der Waals surface area contributed by atoms with Gasteiger partial charge in [0.15, 0.2) is 0 Å². The third kappa shape index (κ3) is 7.59. The highest BCUT2D eigenvalue weighted by Crippen LogP contribution is 2.14. The van der Waals surface area contributed by atoms with Crippen LogP contribution in [0, 0.1) is 0 Å². The number of hydrogen-bond acceptors (Lipinski definition) is 4. The highest BCUT2D eigenvalue weighted by atomic mass is 19.3. The van der Waals surface area contributed by atoms with Gasteiger partial charge in [-0.25, -0.2) is 13.6 Å². The SMILES string of the molecule is CC(C)(C)OC(=O)NCC(F)(F)CNC1CCOCC1. The highest BCUT2D eigenvalue weighted by molar-refractivity contribution is 5.67. The summed E-state index contributed by atoms with van der Waals surface area (Å²) in [4.78, 5) is 11.3. The molecule has 0 aromatic carbocycles. The Labute approximate surface area is 118 Å². The topological polar surface area (TPSA) is 59.6 Å². The van der Waals surface area contributed by atoms with E-state index in [1.54, 1.807) is 20.8 Å². The molecule has 1 fully saturated rings. The zero-order chi connectivity index (χ0) is 15.2. The van der Waals surface area contributed by atoms with Crippen LogP contribution in [0.15, 0.2) is 0 Å². The minimum Gasteiger partial charge on any atom is -0.444 e. The van der Waals surface area contributed by atoms with Crippen LogP contribution in [0.1, 0.15) is 33.6 Å². The van der Waals surface area contributed by atoms with E-state index in [0.717, 1.165) is 12.8 Å². The molecule has 0 saturated carbocycles. The molecular weight excluding hydrogens is 270 g/mol. The van der Waals surface area contributed by atoms with E-state index in [1.165, 1.54) is 0 Å². The molecule has 0 radical (unpaired) electrons. The predicted octanol–water partition coefficient (Wildman–Crippen LogP) is 1.92. The number of alkyl carbamates (subject to hydrolysis) is 1. The maximum atomic E-state index is 13.6. The summed E-state index contributed by atoms with van der Waals surface area (Å²) in [5, 5.41) is 4.90. The summed E-state index contributed by atoms with van der Waals surface area (Å²) in [5.41, 5.74) is -0.695. The van der Waals surface area contributed by atoms with E-state index in [-0.39, 0.29) is 6.04 Å². The second-order valence-electron chi connectivity index (χ2n) is 5.98. The number of alkyl halides is 2. The van der Waals surface area contributed by atoms with Crippen molar-refractivity contribution >= 4 is 6.09 Å². The Morgan fingerprint density at radius 3 is 2.40 bits per heavy atom. The van der Waals surface area contributed by atoms with Crippen LogP contribution in [0.25, 0.3) is 0 Å². The van der Waals surface area contributed by atoms with Crippen molar-refractivity contribution in [1.82, 2.24) is 10.6 Å². The van der Waals surface area contributed by atoms with Gasteiger partial charge in [0.05, 0.1) is 13.1 Å². The fourth-order valence-electron chi connectivity index (χ4n) is 1.77. The van der Waals surface area contributed by atoms with Crippen molar-refractivity contribution < 1.29 is 23.0 Å². The van der Waals surface area contributed by atoms with Crippen molar-refractivity contribution in [2.75, 3.05) is 26.3 Å². The molecule has 1 amide bonds. The second kappa shape index (κ2) is 7.17. The Morgan fingerprint density at radius 1 is 1.25 bits per heavy atom. The lowest BCUT2D eigenvalue weighted by Crippen LogP contribution is -2.47. The van der Waals surface area contributed by atoms with E-state index >= 15 is 0 Å². The smallest absolute Gasteiger partial charge is 0.407 e. The van der Waals surface area contributed by atoms with Gasteiger partial charge in [0.1, 0.15) is 5.60 Å². The van der Waals surface area contributed by atoms with Crippen LogP contribution in [0.2, 0.25) is 0 Å². The molecule has 7 heteroatoms. The Morgan fingerprint density at radius 2 is 1.85 bits per heavy atom. The molecule has 1 rings (SSSR count). The third-order valence-corrected chi connectivity index (χ3v) is 2.76. The minimum atomic E-state index is -3.00. The number of rotatable bonds is 5. The van der Waals surface area contributed by atoms with Crippen LogP contribution in [-0.4, -0.2) is 50.0 Å². The van der Waals surface area contributed by atoms with Crippen LogP contribution in [-0.2, 0) is 9.47 Å². The summed E-state index contributed by atoms with van der Waals surface area (Å²) in [6.45, 7) is 5.02. The van der Waals surface area contributed by atoms with Gasteiger partial charge in [-0.15, -0.1) is 0 Å². The summed E-state index contributed by atoms with van der Waals surface area (Å²) in [5.74, 6) is -3.00. The molecule has 0 aromatic rings. The number of hydrogen-bond donors (Lipinski definition) is 2. The maximum Gasteiger partial charge on any atom is 0.407 e. The lowest BCUT2D eigenvalue weighted by molar-refractivity contribution is -0.0102. The van der Waals surface area contributed by atoms with Crippen LogP contribution in [0.3, 0.4) is 0 Å². The molecular formula is C13H24F2N2O3. The summed E-state index contributed by atoms with van der Waals surface area (Å²) in [6.07, 6.45) is 0.633. The standard InChI is InChI=1S/C13H24F2N2O3/c1-12(2,3)20-11(18)17-9-13(14,15)8-16-10-4-6-19-7-5-10/h10,16H,4-9H2,1-3H3,(H,17,18). The average molecular weight is 294 g/mol. The second-order valence-corrected chi connectivity index (χ2v) is 5.98. The van der Waals surface area contributed by atoms with Crippen molar-refractivity contribution in [1.29, 1.82) is 0 Å². The predicted molar refractivity (Wildman–Crippen MR) is 71.0 cm³/mol. The molecule has 20 heavy (non-hydrogen) atoms. The number of nitrogens with one attached hydrogen (secondary N) is 2. The quantitative estimate of drug-likeness (QED) is 0.813. The number of carbonyl (C=O) groups is 1. The summed E-state index contributed by atoms with van der Waals surface area (Å²) < 4.78 is 37.3. The van der Waals surface area contributed by atoms with Gasteiger partial charge in [0, 0.05) is 19.3 Å². The van der Waals surface area contributed by atoms with Crippen molar-refractivity contribution in [2.45, 2.75) is 51.2 Å². The summed E-state index contributed by atoms with van der Waals surface area (Å²) >= 11 is 0. The van der Waals surface area contributed by atoms with Gasteiger partial charge in [-0.05, 0) is 33.6 Å². The molecule has 0 aromatic heterocycles. The fraction of sp³-hybridized carbons (Fsp3) is 0.923. The first-order valence-corrected chi connectivity index (χ1v) is 6.84. The van der Waals surface area contributed by atoms with E-state index < -0.39 is 30.7 Å². The van der Waals surface area contributed by atoms with Crippen LogP contribution in [0.4, 0.5) is 13.6 Å². The molecule has 0 atom stereocenters. The Kier molecular flexibility index (Phi) is 6.13. The number of carbonyl (C=O) groups excluding carboxylic acids is 1. The first-order chi connectivity index (χ1) is 9.18. The van der Waals surface area contributed by atoms with Gasteiger partial charge in [-0.2, -0.15) is 0 Å². The Hall–Kier alpha value is -0.950. The average Bonchev–Trinajstić information content (AvgIpc) is 2.34. The number of halogens is 2. The number of ether oxygens (including phenoxy) is 2. The molecule has 1 aliphatic heterocycles. The van der Waals surface area contributed by atoms with Gasteiger partial charge in [0.2, 0.25) is 0 Å². The van der Waals surface area contributed by atoms with Crippen molar-refractivity contribution in [3.8, 4) is 0 Å². The van der Waals surface area contributed by atoms with Crippen molar-refractivity contribution in [2.24, 2.45) is 0 Å². The first kappa shape index (κ1) is 17.1. The highest BCUT2D eigenvalue weighted by Gasteiger charge is 2.31. The molecule has 1 saturated heterocycles. The lowest BCUT2D eigenvalue weighted by Gasteiger charge is -2.26. The summed E-state index contributed by atoms with van der Waals surface area (Å²) in [7, 11) is 0. The van der Waals surface area contributed by atoms with Crippen molar-refractivity contribution in [3.63, 3.8) is 0 Å². The van der Waals surface area contributed by atoms with E-state index in [0.29, 0.717) is 13.2 Å². The van der Waals surface area contributed by atoms with Crippen LogP contribution < -0.4 is 10.6 Å². The molecule has 0 spiro atoms. The van der Waals surface area contributed by atoms with Crippen LogP contribution >= 0.6 is 0 Å². The number of amides is 1. The first-order valence-electron chi connectivity index (χ1n) is 6.84. The van der Waals surface area contributed by atoms with Gasteiger partial charge >= 0.3 is 6.09 Å². The zero-order valence-electron chi connectivity index (χ0n) is 12.3. The third-order valence-electron chi connectivity index (χ3n) is 2.76. The Bertz CT molecular complexity index is 313. The maximum absolute atomic E-state index is 13.6. The van der Waals surface area contributed by atoms with Crippen LogP contribution in [0.5, 0.6) is 0 Å². The van der Waals surface area contributed by atoms with Gasteiger partial charge in [-0.3, -0.25) is 0 Å². The monoisotopic (exact) mass is 294 g/mol. The normalized spacial score (nSPS) is 17.9. The minimum absolute atomic E-state index is 0.0520. The molecule has 0 bridgehead atoms. The zero-order valence-corrected chi connectivity index (χ0v) is 12.3. The molecule has 118 valence electrons. The molecule has 5 nitrogen and oxygen atoms in total. The van der Waals surface area contributed by atoms with E-state index in [1.807, 2.05) is 0 Å². The molecule has 0 aliphatic carbocycles. The van der Waals surface area contributed by atoms with E-state index in [9.17, 15) is 13.6 Å². The van der Waals surface area contributed by atoms with E-state index in [4.69, 9.17) is 9.47 Å². The van der Waals surface area contributed by atoms with Gasteiger partial charge in [0.25, 0.3) is 5.92 Å². The molecule has 1 aliphatic rings. The molecule has 2 N–H and O–H groups in total. The summed E-state index contributed by atoms with van der Waals surface area (Å²) in [6, 6.07) is 0.0520. The largest absolute Gasteiger partial charge is 0.444 e. The fourth-order valence-corrected chi connectivity index (χ4v) is 1.77. The lowest BCUT2D eigenvalue weighted by atomic mass is 10.1. The van der Waals surface area contributed by atoms with Crippen molar-refractivity contribution in [3.05, 3.63) is 0 Å². The molecule has 0 unspecified atom stereocenters.